The van der Waals surface area contributed by atoms with Crippen molar-refractivity contribution in [3.8, 4) is 0 Å². The number of nitrogens with two attached hydrogens (primary N) is 1. The van der Waals surface area contributed by atoms with Gasteiger partial charge in [0.25, 0.3) is 0 Å². The Bertz CT molecular complexity index is 461. The first-order valence-electron chi connectivity index (χ1n) is 5.01. The molecular formula is C10H15NO4S. The van der Waals surface area contributed by atoms with Gasteiger partial charge in [-0.05, 0) is 12.1 Å². The molecule has 0 aromatic carbocycles. The topological polar surface area (TPSA) is 90.4 Å². The van der Waals surface area contributed by atoms with Gasteiger partial charge in [0.2, 0.25) is 0 Å². The Kier molecular flexibility index (Phi) is 4.26. The van der Waals surface area contributed by atoms with Gasteiger partial charge in [-0.3, -0.25) is 4.79 Å². The van der Waals surface area contributed by atoms with Crippen molar-refractivity contribution in [1.82, 2.24) is 0 Å². The van der Waals surface area contributed by atoms with Gasteiger partial charge < -0.3 is 10.2 Å². The lowest BCUT2D eigenvalue weighted by Gasteiger charge is -1.99. The fraction of sp³-hybridized carbons (Fsp3) is 0.500. The van der Waals surface area contributed by atoms with Crippen LogP contribution >= 0.6 is 0 Å². The quantitative estimate of drug-likeness (QED) is 0.747. The summed E-state index contributed by atoms with van der Waals surface area (Å²) in [6, 6.07) is 3.13. The van der Waals surface area contributed by atoms with Crippen LogP contribution in [0, 0.1) is 0 Å². The zero-order chi connectivity index (χ0) is 12.2. The first-order chi connectivity index (χ1) is 7.48. The number of carbonyl (C=O) groups is 1. The molecule has 1 aromatic rings. The van der Waals surface area contributed by atoms with Crippen molar-refractivity contribution in [3.05, 3.63) is 23.7 Å². The van der Waals surface area contributed by atoms with E-state index in [1.165, 1.54) is 6.07 Å². The minimum absolute atomic E-state index is 0.0479. The zero-order valence-electron chi connectivity index (χ0n) is 9.10. The molecule has 1 aromatic heterocycles. The van der Waals surface area contributed by atoms with E-state index in [1.807, 2.05) is 0 Å². The molecule has 90 valence electrons. The molecular weight excluding hydrogens is 230 g/mol. The highest BCUT2D eigenvalue weighted by Gasteiger charge is 2.15. The Morgan fingerprint density at radius 2 is 2.12 bits per heavy atom. The molecule has 0 unspecified atom stereocenters. The fourth-order valence-corrected chi connectivity index (χ4v) is 1.94. The van der Waals surface area contributed by atoms with E-state index in [1.54, 1.807) is 13.0 Å². The van der Waals surface area contributed by atoms with Gasteiger partial charge in [0.1, 0.15) is 15.6 Å². The summed E-state index contributed by atoms with van der Waals surface area (Å²) >= 11 is 0. The van der Waals surface area contributed by atoms with Crippen molar-refractivity contribution >= 4 is 15.6 Å². The summed E-state index contributed by atoms with van der Waals surface area (Å²) in [6.07, 6.45) is -0.0479. The molecule has 0 aliphatic heterocycles. The Morgan fingerprint density at radius 3 is 2.62 bits per heavy atom. The van der Waals surface area contributed by atoms with Gasteiger partial charge in [-0.1, -0.05) is 6.92 Å². The van der Waals surface area contributed by atoms with Crippen molar-refractivity contribution in [2.45, 2.75) is 19.9 Å². The normalized spacial score (nSPS) is 11.6. The molecule has 0 saturated carbocycles. The molecule has 16 heavy (non-hydrogen) atoms. The number of rotatable bonds is 6. The molecule has 6 heteroatoms. The van der Waals surface area contributed by atoms with Crippen LogP contribution in [-0.4, -0.2) is 25.7 Å². The van der Waals surface area contributed by atoms with Gasteiger partial charge >= 0.3 is 0 Å². The summed E-state index contributed by atoms with van der Waals surface area (Å²) in [5.41, 5.74) is 5.33. The van der Waals surface area contributed by atoms with E-state index in [0.717, 1.165) is 0 Å². The SMILES string of the molecule is CCS(=O)(=O)CCC(=O)c1ccc(CN)o1. The monoisotopic (exact) mass is 245 g/mol. The summed E-state index contributed by atoms with van der Waals surface area (Å²) in [6.45, 7) is 1.78. The highest BCUT2D eigenvalue weighted by molar-refractivity contribution is 7.91. The highest BCUT2D eigenvalue weighted by atomic mass is 32.2. The van der Waals surface area contributed by atoms with E-state index in [9.17, 15) is 13.2 Å². The van der Waals surface area contributed by atoms with Crippen LogP contribution in [-0.2, 0) is 16.4 Å². The summed E-state index contributed by atoms with van der Waals surface area (Å²) in [4.78, 5) is 11.5. The molecule has 0 amide bonds. The summed E-state index contributed by atoms with van der Waals surface area (Å²) in [5.74, 6) is 0.290. The van der Waals surface area contributed by atoms with Crippen LogP contribution in [0.5, 0.6) is 0 Å². The van der Waals surface area contributed by atoms with Crippen LogP contribution in [0.2, 0.25) is 0 Å². The summed E-state index contributed by atoms with van der Waals surface area (Å²) in [7, 11) is -3.11. The average molecular weight is 245 g/mol. The van der Waals surface area contributed by atoms with Crippen molar-refractivity contribution < 1.29 is 17.6 Å². The largest absolute Gasteiger partial charge is 0.457 e. The van der Waals surface area contributed by atoms with E-state index in [2.05, 4.69) is 0 Å². The molecule has 0 atom stereocenters. The number of ketones is 1. The second-order valence-corrected chi connectivity index (χ2v) is 5.85. The van der Waals surface area contributed by atoms with Crippen LogP contribution < -0.4 is 5.73 Å². The lowest BCUT2D eigenvalue weighted by atomic mass is 10.2. The number of hydrogen-bond acceptors (Lipinski definition) is 5. The molecule has 2 N–H and O–H groups in total. The van der Waals surface area contributed by atoms with E-state index in [4.69, 9.17) is 10.2 Å². The molecule has 1 rings (SSSR count). The minimum Gasteiger partial charge on any atom is -0.457 e. The second-order valence-electron chi connectivity index (χ2n) is 3.38. The Hall–Kier alpha value is -1.14. The molecule has 0 bridgehead atoms. The van der Waals surface area contributed by atoms with Crippen molar-refractivity contribution in [3.63, 3.8) is 0 Å². The minimum atomic E-state index is -3.11. The predicted octanol–water partition coefficient (Wildman–Crippen LogP) is 0.746. The maximum Gasteiger partial charge on any atom is 0.199 e. The highest BCUT2D eigenvalue weighted by Crippen LogP contribution is 2.10. The molecule has 1 heterocycles. The van der Waals surface area contributed by atoms with Crippen molar-refractivity contribution in [1.29, 1.82) is 0 Å². The first kappa shape index (κ1) is 12.9. The number of Topliss-reactive ketones (excluding diaryl/α,β-unsaturated/α-hetero) is 1. The third-order valence-electron chi connectivity index (χ3n) is 2.22. The molecule has 0 fully saturated rings. The molecule has 0 aliphatic carbocycles. The predicted molar refractivity (Wildman–Crippen MR) is 59.9 cm³/mol. The third kappa shape index (κ3) is 3.46. The van der Waals surface area contributed by atoms with E-state index >= 15 is 0 Å². The molecule has 0 radical (unpaired) electrons. The zero-order valence-corrected chi connectivity index (χ0v) is 9.92. The lowest BCUT2D eigenvalue weighted by molar-refractivity contribution is 0.0960. The van der Waals surface area contributed by atoms with Crippen molar-refractivity contribution in [2.75, 3.05) is 11.5 Å². The Labute approximate surface area is 94.5 Å². The van der Waals surface area contributed by atoms with Gasteiger partial charge in [0.05, 0.1) is 12.3 Å². The molecule has 0 aliphatic rings. The van der Waals surface area contributed by atoms with Crippen LogP contribution in [0.25, 0.3) is 0 Å². The van der Waals surface area contributed by atoms with Crippen LogP contribution in [0.1, 0.15) is 29.7 Å². The van der Waals surface area contributed by atoms with Crippen molar-refractivity contribution in [2.24, 2.45) is 5.73 Å². The fourth-order valence-electron chi connectivity index (χ4n) is 1.15. The van der Waals surface area contributed by atoms with E-state index < -0.39 is 9.84 Å². The Morgan fingerprint density at radius 1 is 1.44 bits per heavy atom. The standard InChI is InChI=1S/C10H15NO4S/c1-2-16(13,14)6-5-9(12)10-4-3-8(7-11)15-10/h3-4H,2,5-7,11H2,1H3. The molecule has 5 nitrogen and oxygen atoms in total. The third-order valence-corrected chi connectivity index (χ3v) is 3.92. The second kappa shape index (κ2) is 5.27. The van der Waals surface area contributed by atoms with Gasteiger partial charge in [-0.25, -0.2) is 8.42 Å². The van der Waals surface area contributed by atoms with Gasteiger partial charge in [0, 0.05) is 12.2 Å². The van der Waals surface area contributed by atoms with Crippen LogP contribution in [0.4, 0.5) is 0 Å². The number of carbonyl (C=O) groups excluding carboxylic acids is 1. The van der Waals surface area contributed by atoms with Gasteiger partial charge in [0.15, 0.2) is 11.5 Å². The number of furan rings is 1. The number of hydrogen-bond donors (Lipinski definition) is 1. The number of sulfone groups is 1. The summed E-state index contributed by atoms with van der Waals surface area (Å²) in [5, 5.41) is 0. The van der Waals surface area contributed by atoms with Gasteiger partial charge in [-0.2, -0.15) is 0 Å². The van der Waals surface area contributed by atoms with E-state index in [0.29, 0.717) is 5.76 Å². The lowest BCUT2D eigenvalue weighted by Crippen LogP contribution is -2.12. The van der Waals surface area contributed by atoms with Gasteiger partial charge in [-0.15, -0.1) is 0 Å². The summed E-state index contributed by atoms with van der Waals surface area (Å²) < 4.78 is 27.5. The van der Waals surface area contributed by atoms with Crippen LogP contribution in [0.3, 0.4) is 0 Å². The van der Waals surface area contributed by atoms with Crippen LogP contribution in [0.15, 0.2) is 16.5 Å². The molecule has 0 spiro atoms. The smallest absolute Gasteiger partial charge is 0.199 e. The first-order valence-corrected chi connectivity index (χ1v) is 6.83. The maximum absolute atomic E-state index is 11.5. The Balaban J connectivity index is 2.60. The average Bonchev–Trinajstić information content (AvgIpc) is 2.74. The van der Waals surface area contributed by atoms with E-state index in [-0.39, 0.29) is 36.0 Å². The maximum atomic E-state index is 11.5. The molecule has 0 saturated heterocycles.